The molecule has 0 bridgehead atoms. The van der Waals surface area contributed by atoms with Gasteiger partial charge in [0.2, 0.25) is 0 Å². The van der Waals surface area contributed by atoms with Gasteiger partial charge in [0, 0.05) is 29.2 Å². The van der Waals surface area contributed by atoms with E-state index in [4.69, 9.17) is 14.6 Å². The highest BCUT2D eigenvalue weighted by Crippen LogP contribution is 2.26. The molecule has 0 aliphatic heterocycles. The normalized spacial score (nSPS) is 10.7. The average molecular weight is 452 g/mol. The van der Waals surface area contributed by atoms with Crippen LogP contribution in [0.4, 0.5) is 5.69 Å². The number of carbonyl (C=O) groups excluding carboxylic acids is 1. The first-order chi connectivity index (χ1) is 16.7. The van der Waals surface area contributed by atoms with Gasteiger partial charge < -0.3 is 14.8 Å². The third-order valence-corrected chi connectivity index (χ3v) is 5.07. The lowest BCUT2D eigenvalue weighted by Gasteiger charge is -2.11. The molecule has 0 radical (unpaired) electrons. The topological polar surface area (TPSA) is 104 Å². The summed E-state index contributed by atoms with van der Waals surface area (Å²) in [6.07, 6.45) is 3.40. The maximum absolute atomic E-state index is 12.5. The summed E-state index contributed by atoms with van der Waals surface area (Å²) in [4.78, 5) is 16.5. The fraction of sp³-hybridized carbons (Fsp3) is 0.0800. The van der Waals surface area contributed by atoms with Crippen molar-refractivity contribution in [1.82, 2.24) is 24.8 Å². The number of rotatable bonds is 7. The number of amides is 1. The van der Waals surface area contributed by atoms with Gasteiger partial charge in [-0.25, -0.2) is 0 Å². The largest absolute Gasteiger partial charge is 0.493 e. The number of fused-ring (bicyclic) bond motifs is 1. The zero-order chi connectivity index (χ0) is 23.3. The Morgan fingerprint density at radius 2 is 1.74 bits per heavy atom. The van der Waals surface area contributed by atoms with Gasteiger partial charge in [-0.05, 0) is 48.5 Å². The Morgan fingerprint density at radius 1 is 0.912 bits per heavy atom. The second-order valence-electron chi connectivity index (χ2n) is 7.32. The lowest BCUT2D eigenvalue weighted by atomic mass is 10.1. The zero-order valence-electron chi connectivity index (χ0n) is 18.3. The molecule has 1 amide bonds. The second-order valence-corrected chi connectivity index (χ2v) is 7.32. The van der Waals surface area contributed by atoms with E-state index in [9.17, 15) is 4.79 Å². The number of hydrogen-bond acceptors (Lipinski definition) is 7. The molecule has 9 heteroatoms. The predicted octanol–water partition coefficient (Wildman–Crippen LogP) is 3.88. The summed E-state index contributed by atoms with van der Waals surface area (Å²) in [5.74, 6) is 1.41. The quantitative estimate of drug-likeness (QED) is 0.400. The van der Waals surface area contributed by atoms with E-state index < -0.39 is 0 Å². The first kappa shape index (κ1) is 21.1. The van der Waals surface area contributed by atoms with E-state index in [0.717, 1.165) is 11.1 Å². The van der Waals surface area contributed by atoms with Gasteiger partial charge in [-0.2, -0.15) is 9.61 Å². The standard InChI is InChI=1S/C25H20N6O3/c1-33-21-7-2-3-8-22(21)34-16-24(32)27-19-6-4-5-18(15-19)20-9-10-23-28-29-25(31(23)30-20)17-11-13-26-14-12-17/h2-15H,16H2,1H3,(H,27,32). The van der Waals surface area contributed by atoms with E-state index in [0.29, 0.717) is 34.4 Å². The van der Waals surface area contributed by atoms with Gasteiger partial charge in [-0.1, -0.05) is 24.3 Å². The van der Waals surface area contributed by atoms with E-state index in [-0.39, 0.29) is 12.5 Å². The van der Waals surface area contributed by atoms with Crippen LogP contribution in [0.1, 0.15) is 0 Å². The smallest absolute Gasteiger partial charge is 0.262 e. The molecular weight excluding hydrogens is 432 g/mol. The number of methoxy groups -OCH3 is 1. The van der Waals surface area contributed by atoms with Crippen molar-refractivity contribution in [2.24, 2.45) is 0 Å². The summed E-state index contributed by atoms with van der Waals surface area (Å²) >= 11 is 0. The van der Waals surface area contributed by atoms with Gasteiger partial charge >= 0.3 is 0 Å². The van der Waals surface area contributed by atoms with E-state index in [1.807, 2.05) is 60.7 Å². The molecule has 3 heterocycles. The SMILES string of the molecule is COc1ccccc1OCC(=O)Nc1cccc(-c2ccc3nnc(-c4ccncc4)n3n2)c1. The minimum atomic E-state index is -0.287. The van der Waals surface area contributed by atoms with Crippen LogP contribution in [-0.2, 0) is 4.79 Å². The van der Waals surface area contributed by atoms with Crippen LogP contribution in [0.15, 0.2) is 85.2 Å². The van der Waals surface area contributed by atoms with Gasteiger partial charge in [-0.3, -0.25) is 9.78 Å². The summed E-state index contributed by atoms with van der Waals surface area (Å²) in [5, 5.41) is 16.0. The number of nitrogens with zero attached hydrogens (tertiary/aromatic N) is 5. The minimum Gasteiger partial charge on any atom is -0.493 e. The first-order valence-electron chi connectivity index (χ1n) is 10.5. The molecule has 0 spiro atoms. The van der Waals surface area contributed by atoms with Crippen LogP contribution < -0.4 is 14.8 Å². The molecule has 0 unspecified atom stereocenters. The van der Waals surface area contributed by atoms with Crippen LogP contribution in [0.25, 0.3) is 28.3 Å². The van der Waals surface area contributed by atoms with Crippen molar-refractivity contribution >= 4 is 17.2 Å². The number of benzene rings is 2. The Hall–Kier alpha value is -4.79. The Kier molecular flexibility index (Phi) is 5.81. The van der Waals surface area contributed by atoms with E-state index in [1.54, 1.807) is 36.2 Å². The molecule has 168 valence electrons. The Morgan fingerprint density at radius 3 is 2.56 bits per heavy atom. The van der Waals surface area contributed by atoms with Crippen molar-refractivity contribution in [2.45, 2.75) is 0 Å². The maximum Gasteiger partial charge on any atom is 0.262 e. The number of carbonyl (C=O) groups is 1. The van der Waals surface area contributed by atoms with Crippen molar-refractivity contribution in [2.75, 3.05) is 19.0 Å². The summed E-state index contributed by atoms with van der Waals surface area (Å²) in [5.41, 5.74) is 3.67. The van der Waals surface area contributed by atoms with Gasteiger partial charge in [0.05, 0.1) is 12.8 Å². The molecule has 0 fully saturated rings. The third kappa shape index (κ3) is 4.40. The highest BCUT2D eigenvalue weighted by molar-refractivity contribution is 5.92. The molecule has 0 aliphatic rings. The van der Waals surface area contributed by atoms with Crippen LogP contribution in [0.3, 0.4) is 0 Å². The number of ether oxygens (including phenoxy) is 2. The van der Waals surface area contributed by atoms with Crippen LogP contribution >= 0.6 is 0 Å². The Bertz CT molecular complexity index is 1450. The lowest BCUT2D eigenvalue weighted by Crippen LogP contribution is -2.20. The van der Waals surface area contributed by atoms with E-state index in [2.05, 4.69) is 20.5 Å². The molecule has 9 nitrogen and oxygen atoms in total. The van der Waals surface area contributed by atoms with Crippen molar-refractivity contribution in [1.29, 1.82) is 0 Å². The molecule has 2 aromatic carbocycles. The Balaban J connectivity index is 1.34. The Labute approximate surface area is 195 Å². The number of nitrogens with one attached hydrogen (secondary N) is 1. The maximum atomic E-state index is 12.5. The van der Waals surface area contributed by atoms with Gasteiger partial charge in [-0.15, -0.1) is 10.2 Å². The molecule has 5 rings (SSSR count). The van der Waals surface area contributed by atoms with E-state index in [1.165, 1.54) is 0 Å². The molecule has 5 aromatic rings. The van der Waals surface area contributed by atoms with Crippen molar-refractivity contribution in [3.8, 4) is 34.1 Å². The van der Waals surface area contributed by atoms with Crippen molar-refractivity contribution in [3.05, 3.63) is 85.2 Å². The van der Waals surface area contributed by atoms with Gasteiger partial charge in [0.1, 0.15) is 0 Å². The van der Waals surface area contributed by atoms with Crippen LogP contribution in [0.2, 0.25) is 0 Å². The summed E-state index contributed by atoms with van der Waals surface area (Å²) < 4.78 is 12.5. The van der Waals surface area contributed by atoms with Crippen molar-refractivity contribution < 1.29 is 14.3 Å². The summed E-state index contributed by atoms with van der Waals surface area (Å²) in [7, 11) is 1.55. The predicted molar refractivity (Wildman–Crippen MR) is 127 cm³/mol. The third-order valence-electron chi connectivity index (χ3n) is 5.07. The summed E-state index contributed by atoms with van der Waals surface area (Å²) in [6, 6.07) is 22.0. The first-order valence-corrected chi connectivity index (χ1v) is 10.5. The molecular formula is C25H20N6O3. The number of para-hydroxylation sites is 2. The minimum absolute atomic E-state index is 0.148. The van der Waals surface area contributed by atoms with Gasteiger partial charge in [0.25, 0.3) is 5.91 Å². The number of anilines is 1. The van der Waals surface area contributed by atoms with Crippen molar-refractivity contribution in [3.63, 3.8) is 0 Å². The number of aromatic nitrogens is 5. The highest BCUT2D eigenvalue weighted by Gasteiger charge is 2.12. The molecule has 0 saturated heterocycles. The molecule has 0 aliphatic carbocycles. The van der Waals surface area contributed by atoms with Gasteiger partial charge in [0.15, 0.2) is 29.6 Å². The fourth-order valence-electron chi connectivity index (χ4n) is 3.46. The molecule has 1 N–H and O–H groups in total. The lowest BCUT2D eigenvalue weighted by molar-refractivity contribution is -0.118. The molecule has 3 aromatic heterocycles. The summed E-state index contributed by atoms with van der Waals surface area (Å²) in [6.45, 7) is -0.148. The monoisotopic (exact) mass is 452 g/mol. The zero-order valence-corrected chi connectivity index (χ0v) is 18.3. The van der Waals surface area contributed by atoms with Crippen LogP contribution in [-0.4, -0.2) is 44.4 Å². The fourth-order valence-corrected chi connectivity index (χ4v) is 3.46. The molecule has 0 saturated carbocycles. The van der Waals surface area contributed by atoms with E-state index >= 15 is 0 Å². The van der Waals surface area contributed by atoms with Crippen LogP contribution in [0, 0.1) is 0 Å². The molecule has 34 heavy (non-hydrogen) atoms. The molecule has 0 atom stereocenters. The average Bonchev–Trinajstić information content (AvgIpc) is 3.31. The number of pyridine rings is 1. The van der Waals surface area contributed by atoms with Crippen LogP contribution in [0.5, 0.6) is 11.5 Å². The second kappa shape index (κ2) is 9.37. The highest BCUT2D eigenvalue weighted by atomic mass is 16.5. The number of hydrogen-bond donors (Lipinski definition) is 1.